The summed E-state index contributed by atoms with van der Waals surface area (Å²) in [5.41, 5.74) is 0. The van der Waals surface area contributed by atoms with Crippen LogP contribution in [0.4, 0.5) is 0 Å². The summed E-state index contributed by atoms with van der Waals surface area (Å²) in [6.45, 7) is 0.809. The maximum absolute atomic E-state index is 11.3. The highest BCUT2D eigenvalue weighted by atomic mass is 16.2. The molecular weight excluding hydrogens is 156 g/mol. The first-order valence-electron chi connectivity index (χ1n) is 4.36. The molecule has 0 aromatic carbocycles. The molecule has 0 saturated carbocycles. The molecule has 2 fully saturated rings. The molecule has 1 atom stereocenters. The van der Waals surface area contributed by atoms with Crippen molar-refractivity contribution in [2.75, 3.05) is 6.54 Å². The quantitative estimate of drug-likeness (QED) is 0.511. The third kappa shape index (κ3) is 1.17. The van der Waals surface area contributed by atoms with Crippen LogP contribution in [0.2, 0.25) is 0 Å². The van der Waals surface area contributed by atoms with E-state index in [0.717, 1.165) is 25.8 Å². The van der Waals surface area contributed by atoms with Crippen LogP contribution in [0.5, 0.6) is 0 Å². The molecule has 2 amide bonds. The first-order chi connectivity index (χ1) is 5.77. The molecule has 1 N–H and O–H groups in total. The van der Waals surface area contributed by atoms with Gasteiger partial charge in [-0.25, -0.2) is 0 Å². The van der Waals surface area contributed by atoms with Gasteiger partial charge in [0.25, 0.3) is 0 Å². The second-order valence-corrected chi connectivity index (χ2v) is 3.34. The molecule has 2 aliphatic rings. The number of hydrogen-bond acceptors (Lipinski definition) is 2. The SMILES string of the molecule is O=C1CC(=O)N2CCCC[C@@H]2N1. The molecule has 0 aliphatic carbocycles. The molecule has 0 unspecified atom stereocenters. The highest BCUT2D eigenvalue weighted by Crippen LogP contribution is 2.18. The summed E-state index contributed by atoms with van der Waals surface area (Å²) in [6.07, 6.45) is 3.12. The van der Waals surface area contributed by atoms with Crippen LogP contribution in [0, 0.1) is 0 Å². The Balaban J connectivity index is 2.11. The van der Waals surface area contributed by atoms with Crippen LogP contribution in [0.15, 0.2) is 0 Å². The monoisotopic (exact) mass is 168 g/mol. The minimum atomic E-state index is -0.122. The third-order valence-electron chi connectivity index (χ3n) is 2.46. The van der Waals surface area contributed by atoms with E-state index in [0.29, 0.717) is 0 Å². The smallest absolute Gasteiger partial charge is 0.233 e. The Hall–Kier alpha value is -1.06. The van der Waals surface area contributed by atoms with Crippen LogP contribution in [0.1, 0.15) is 25.7 Å². The van der Waals surface area contributed by atoms with Crippen molar-refractivity contribution in [3.05, 3.63) is 0 Å². The molecular formula is C8H12N2O2. The first-order valence-corrected chi connectivity index (χ1v) is 4.36. The van der Waals surface area contributed by atoms with E-state index in [1.54, 1.807) is 4.90 Å². The molecule has 0 radical (unpaired) electrons. The van der Waals surface area contributed by atoms with Crippen LogP contribution in [0.25, 0.3) is 0 Å². The van der Waals surface area contributed by atoms with Crippen molar-refractivity contribution < 1.29 is 9.59 Å². The Morgan fingerprint density at radius 3 is 3.00 bits per heavy atom. The van der Waals surface area contributed by atoms with Crippen molar-refractivity contribution in [2.45, 2.75) is 31.8 Å². The molecule has 2 saturated heterocycles. The van der Waals surface area contributed by atoms with Crippen molar-refractivity contribution in [3.8, 4) is 0 Å². The number of carbonyl (C=O) groups is 2. The lowest BCUT2D eigenvalue weighted by atomic mass is 10.0. The van der Waals surface area contributed by atoms with Crippen LogP contribution in [-0.2, 0) is 9.59 Å². The summed E-state index contributed by atoms with van der Waals surface area (Å²) in [7, 11) is 0. The van der Waals surface area contributed by atoms with Gasteiger partial charge in [-0.1, -0.05) is 0 Å². The van der Waals surface area contributed by atoms with Crippen molar-refractivity contribution in [2.24, 2.45) is 0 Å². The highest BCUT2D eigenvalue weighted by molar-refractivity contribution is 5.99. The summed E-state index contributed by atoms with van der Waals surface area (Å²) in [5, 5.41) is 2.81. The number of rotatable bonds is 0. The fraction of sp³-hybridized carbons (Fsp3) is 0.750. The minimum Gasteiger partial charge on any atom is -0.335 e. The Labute approximate surface area is 70.9 Å². The van der Waals surface area contributed by atoms with Crippen LogP contribution in [-0.4, -0.2) is 29.4 Å². The van der Waals surface area contributed by atoms with E-state index < -0.39 is 0 Å². The normalized spacial score (nSPS) is 29.7. The standard InChI is InChI=1S/C8H12N2O2/c11-7-5-8(12)10-4-2-1-3-6(10)9-7/h6H,1-5H2,(H,9,11)/t6-/m1/s1. The average molecular weight is 168 g/mol. The molecule has 0 bridgehead atoms. The number of piperidine rings is 1. The zero-order chi connectivity index (χ0) is 8.55. The van der Waals surface area contributed by atoms with Gasteiger partial charge in [0.2, 0.25) is 11.8 Å². The number of nitrogens with zero attached hydrogens (tertiary/aromatic N) is 1. The van der Waals surface area contributed by atoms with E-state index in [2.05, 4.69) is 5.32 Å². The summed E-state index contributed by atoms with van der Waals surface area (Å²) < 4.78 is 0. The third-order valence-corrected chi connectivity index (χ3v) is 2.46. The van der Waals surface area contributed by atoms with Crippen molar-refractivity contribution >= 4 is 11.8 Å². The molecule has 2 heterocycles. The van der Waals surface area contributed by atoms with Gasteiger partial charge in [0.15, 0.2) is 0 Å². The highest BCUT2D eigenvalue weighted by Gasteiger charge is 2.33. The zero-order valence-corrected chi connectivity index (χ0v) is 6.88. The second-order valence-electron chi connectivity index (χ2n) is 3.34. The maximum atomic E-state index is 11.3. The largest absolute Gasteiger partial charge is 0.335 e. The van der Waals surface area contributed by atoms with Gasteiger partial charge in [0, 0.05) is 6.54 Å². The van der Waals surface area contributed by atoms with Gasteiger partial charge in [-0.05, 0) is 19.3 Å². The summed E-state index contributed by atoms with van der Waals surface area (Å²) >= 11 is 0. The number of hydrogen-bond donors (Lipinski definition) is 1. The fourth-order valence-corrected chi connectivity index (χ4v) is 1.86. The van der Waals surface area contributed by atoms with E-state index in [9.17, 15) is 9.59 Å². The second kappa shape index (κ2) is 2.77. The topological polar surface area (TPSA) is 49.4 Å². The summed E-state index contributed by atoms with van der Waals surface area (Å²) in [6, 6.07) is 0. The lowest BCUT2D eigenvalue weighted by Gasteiger charge is -2.39. The lowest BCUT2D eigenvalue weighted by molar-refractivity contribution is -0.146. The zero-order valence-electron chi connectivity index (χ0n) is 6.88. The van der Waals surface area contributed by atoms with Crippen LogP contribution < -0.4 is 5.32 Å². The van der Waals surface area contributed by atoms with E-state index in [1.807, 2.05) is 0 Å². The van der Waals surface area contributed by atoms with Gasteiger partial charge < -0.3 is 10.2 Å². The number of amides is 2. The molecule has 2 rings (SSSR count). The van der Waals surface area contributed by atoms with Gasteiger partial charge in [-0.2, -0.15) is 0 Å². The molecule has 2 aliphatic heterocycles. The average Bonchev–Trinajstić information content (AvgIpc) is 2.04. The van der Waals surface area contributed by atoms with Gasteiger partial charge in [0.05, 0.1) is 0 Å². The Kier molecular flexibility index (Phi) is 1.75. The molecule has 0 aromatic heterocycles. The van der Waals surface area contributed by atoms with E-state index in [4.69, 9.17) is 0 Å². The maximum Gasteiger partial charge on any atom is 0.233 e. The molecule has 4 nitrogen and oxygen atoms in total. The van der Waals surface area contributed by atoms with Crippen LogP contribution in [0.3, 0.4) is 0 Å². The first kappa shape index (κ1) is 7.58. The Morgan fingerprint density at radius 1 is 1.33 bits per heavy atom. The Bertz CT molecular complexity index is 227. The molecule has 12 heavy (non-hydrogen) atoms. The molecule has 0 spiro atoms. The van der Waals surface area contributed by atoms with Gasteiger partial charge in [0.1, 0.15) is 12.6 Å². The molecule has 66 valence electrons. The van der Waals surface area contributed by atoms with Crippen LogP contribution >= 0.6 is 0 Å². The fourth-order valence-electron chi connectivity index (χ4n) is 1.86. The lowest BCUT2D eigenvalue weighted by Crippen LogP contribution is -2.58. The van der Waals surface area contributed by atoms with Gasteiger partial charge in [-0.15, -0.1) is 0 Å². The summed E-state index contributed by atoms with van der Waals surface area (Å²) in [4.78, 5) is 24.1. The van der Waals surface area contributed by atoms with E-state index in [1.165, 1.54) is 0 Å². The van der Waals surface area contributed by atoms with Crippen molar-refractivity contribution in [1.82, 2.24) is 10.2 Å². The number of carbonyl (C=O) groups excluding carboxylic acids is 2. The number of fused-ring (bicyclic) bond motifs is 1. The van der Waals surface area contributed by atoms with E-state index >= 15 is 0 Å². The van der Waals surface area contributed by atoms with Crippen molar-refractivity contribution in [1.29, 1.82) is 0 Å². The Morgan fingerprint density at radius 2 is 2.17 bits per heavy atom. The van der Waals surface area contributed by atoms with Crippen molar-refractivity contribution in [3.63, 3.8) is 0 Å². The summed E-state index contributed by atoms with van der Waals surface area (Å²) in [5.74, 6) is -0.133. The predicted molar refractivity (Wildman–Crippen MR) is 42.1 cm³/mol. The van der Waals surface area contributed by atoms with Gasteiger partial charge in [-0.3, -0.25) is 9.59 Å². The van der Waals surface area contributed by atoms with E-state index in [-0.39, 0.29) is 24.4 Å². The van der Waals surface area contributed by atoms with Gasteiger partial charge >= 0.3 is 0 Å². The minimum absolute atomic E-state index is 0.00694. The molecule has 0 aromatic rings. The number of nitrogens with one attached hydrogen (secondary N) is 1. The predicted octanol–water partition coefficient (Wildman–Crippen LogP) is -0.155. The molecule has 4 heteroatoms.